The molecule has 0 N–H and O–H groups in total. The van der Waals surface area contributed by atoms with Gasteiger partial charge < -0.3 is 9.47 Å². The minimum absolute atomic E-state index is 0.0720. The van der Waals surface area contributed by atoms with Gasteiger partial charge >= 0.3 is 0 Å². The van der Waals surface area contributed by atoms with Crippen LogP contribution in [-0.2, 0) is 10.1 Å². The van der Waals surface area contributed by atoms with Gasteiger partial charge in [0.25, 0.3) is 6.26 Å². The SMILES string of the molecule is [B]C([B])(OC#N)c1ccc(OC([B])([B])C(C)C)cc1. The smallest absolute Gasteiger partial charge is 0.285 e. The van der Waals surface area contributed by atoms with Gasteiger partial charge in [0.05, 0.1) is 5.40 Å². The molecular formula is C12H11B4NO2. The number of hydrogen-bond acceptors (Lipinski definition) is 3. The first-order valence-electron chi connectivity index (χ1n) is 5.71. The van der Waals surface area contributed by atoms with Crippen LogP contribution >= 0.6 is 0 Å². The zero-order valence-corrected chi connectivity index (χ0v) is 11.0. The highest BCUT2D eigenvalue weighted by Gasteiger charge is 2.24. The van der Waals surface area contributed by atoms with Crippen molar-refractivity contribution in [1.82, 2.24) is 0 Å². The van der Waals surface area contributed by atoms with Crippen molar-refractivity contribution < 1.29 is 9.47 Å². The third-order valence-corrected chi connectivity index (χ3v) is 2.72. The lowest BCUT2D eigenvalue weighted by Crippen LogP contribution is -2.42. The highest BCUT2D eigenvalue weighted by molar-refractivity contribution is 6.39. The van der Waals surface area contributed by atoms with Crippen LogP contribution in [0.2, 0.25) is 0 Å². The number of nitriles is 1. The minimum Gasteiger partial charge on any atom is -0.507 e. The van der Waals surface area contributed by atoms with Gasteiger partial charge in [0.15, 0.2) is 0 Å². The molecule has 0 atom stereocenters. The molecule has 0 aliphatic rings. The molecule has 1 aromatic carbocycles. The van der Waals surface area contributed by atoms with Crippen molar-refractivity contribution in [2.45, 2.75) is 24.6 Å². The van der Waals surface area contributed by atoms with Crippen LogP contribution in [-0.4, -0.2) is 36.8 Å². The fourth-order valence-corrected chi connectivity index (χ4v) is 1.24. The van der Waals surface area contributed by atoms with E-state index in [2.05, 4.69) is 4.74 Å². The standard InChI is InChI=1S/C12H11B4NO2/c1-8(2)11(13,14)19-10-5-3-9(4-6-10)12(15,16)18-7-17/h3-6,8H,1-2H3. The van der Waals surface area contributed by atoms with Crippen molar-refractivity contribution in [3.8, 4) is 12.0 Å². The average molecular weight is 244 g/mol. The van der Waals surface area contributed by atoms with Crippen molar-refractivity contribution >= 4 is 31.4 Å². The summed E-state index contributed by atoms with van der Waals surface area (Å²) in [6, 6.07) is 6.34. The van der Waals surface area contributed by atoms with Crippen LogP contribution in [0.3, 0.4) is 0 Å². The molecule has 0 spiro atoms. The Bertz CT molecular complexity index is 466. The third-order valence-electron chi connectivity index (χ3n) is 2.72. The van der Waals surface area contributed by atoms with Gasteiger partial charge in [0.1, 0.15) is 37.1 Å². The van der Waals surface area contributed by atoms with Crippen molar-refractivity contribution in [2.24, 2.45) is 5.92 Å². The van der Waals surface area contributed by atoms with E-state index in [4.69, 9.17) is 41.4 Å². The lowest BCUT2D eigenvalue weighted by molar-refractivity contribution is 0.186. The maximum Gasteiger partial charge on any atom is 0.285 e. The van der Waals surface area contributed by atoms with Gasteiger partial charge in [-0.1, -0.05) is 26.0 Å². The zero-order chi connectivity index (χ0) is 14.7. The molecule has 0 aliphatic carbocycles. The molecule has 7 heteroatoms. The third kappa shape index (κ3) is 4.02. The number of ether oxygens (including phenoxy) is 2. The van der Waals surface area contributed by atoms with Gasteiger partial charge in [-0.3, -0.25) is 0 Å². The van der Waals surface area contributed by atoms with E-state index in [0.29, 0.717) is 11.3 Å². The Balaban J connectivity index is 2.86. The van der Waals surface area contributed by atoms with Gasteiger partial charge in [0, 0.05) is 5.40 Å². The first kappa shape index (κ1) is 15.6. The van der Waals surface area contributed by atoms with E-state index in [-0.39, 0.29) is 5.92 Å². The van der Waals surface area contributed by atoms with E-state index >= 15 is 0 Å². The fourth-order valence-electron chi connectivity index (χ4n) is 1.24. The molecule has 0 saturated heterocycles. The van der Waals surface area contributed by atoms with E-state index in [1.807, 2.05) is 13.8 Å². The van der Waals surface area contributed by atoms with E-state index in [1.54, 1.807) is 24.3 Å². The van der Waals surface area contributed by atoms with Gasteiger partial charge in [0.2, 0.25) is 0 Å². The summed E-state index contributed by atoms with van der Waals surface area (Å²) >= 11 is 0. The first-order valence-corrected chi connectivity index (χ1v) is 5.71. The maximum absolute atomic E-state index is 8.44. The molecule has 0 bridgehead atoms. The summed E-state index contributed by atoms with van der Waals surface area (Å²) in [5.41, 5.74) is 0.422. The van der Waals surface area contributed by atoms with Crippen molar-refractivity contribution in [1.29, 1.82) is 5.26 Å². The number of benzene rings is 1. The van der Waals surface area contributed by atoms with Gasteiger partial charge in [-0.2, -0.15) is 5.26 Å². The molecular weight excluding hydrogens is 233 g/mol. The highest BCUT2D eigenvalue weighted by atomic mass is 16.5. The van der Waals surface area contributed by atoms with Crippen LogP contribution in [0.5, 0.6) is 5.75 Å². The molecule has 19 heavy (non-hydrogen) atoms. The van der Waals surface area contributed by atoms with Crippen LogP contribution in [0.1, 0.15) is 19.4 Å². The molecule has 3 nitrogen and oxygen atoms in total. The molecule has 0 heterocycles. The summed E-state index contributed by atoms with van der Waals surface area (Å²) in [5, 5.41) is 5.50. The lowest BCUT2D eigenvalue weighted by Gasteiger charge is -2.32. The van der Waals surface area contributed by atoms with Crippen LogP contribution in [0.15, 0.2) is 24.3 Å². The normalized spacial score (nSPS) is 11.9. The zero-order valence-electron chi connectivity index (χ0n) is 11.0. The predicted molar refractivity (Wildman–Crippen MR) is 76.0 cm³/mol. The van der Waals surface area contributed by atoms with Crippen molar-refractivity contribution in [2.75, 3.05) is 0 Å². The molecule has 8 radical (unpaired) electrons. The Morgan fingerprint density at radius 2 is 1.63 bits per heavy atom. The first-order chi connectivity index (χ1) is 8.69. The fraction of sp³-hybridized carbons (Fsp3) is 0.417. The quantitative estimate of drug-likeness (QED) is 0.564. The van der Waals surface area contributed by atoms with Crippen LogP contribution in [0, 0.1) is 17.4 Å². The minimum atomic E-state index is -1.67. The lowest BCUT2D eigenvalue weighted by atomic mass is 9.59. The molecule has 0 aromatic heterocycles. The van der Waals surface area contributed by atoms with Crippen LogP contribution in [0.25, 0.3) is 0 Å². The molecule has 0 unspecified atom stereocenters. The Hall–Kier alpha value is -1.43. The van der Waals surface area contributed by atoms with E-state index < -0.39 is 10.8 Å². The van der Waals surface area contributed by atoms with E-state index in [0.717, 1.165) is 0 Å². The molecule has 0 saturated carbocycles. The summed E-state index contributed by atoms with van der Waals surface area (Å²) < 4.78 is 10.0. The van der Waals surface area contributed by atoms with E-state index in [9.17, 15) is 0 Å². The summed E-state index contributed by atoms with van der Waals surface area (Å²) in [4.78, 5) is 0. The molecule has 1 rings (SSSR count). The molecule has 0 aliphatic heterocycles. The summed E-state index contributed by atoms with van der Waals surface area (Å²) in [5.74, 6) is 0.396. The number of rotatable bonds is 5. The second-order valence-corrected chi connectivity index (χ2v) is 4.62. The average Bonchev–Trinajstić information content (AvgIpc) is 2.28. The maximum atomic E-state index is 8.44. The van der Waals surface area contributed by atoms with Crippen molar-refractivity contribution in [3.05, 3.63) is 29.8 Å². The second kappa shape index (κ2) is 5.69. The van der Waals surface area contributed by atoms with Crippen LogP contribution < -0.4 is 4.74 Å². The highest BCUT2D eigenvalue weighted by Crippen LogP contribution is 2.24. The molecule has 1 aromatic rings. The Labute approximate surface area is 119 Å². The molecule has 0 amide bonds. The van der Waals surface area contributed by atoms with E-state index in [1.165, 1.54) is 6.26 Å². The van der Waals surface area contributed by atoms with Gasteiger partial charge in [-0.05, 0) is 23.6 Å². The monoisotopic (exact) mass is 245 g/mol. The summed E-state index contributed by atoms with van der Waals surface area (Å²) in [6.07, 6.45) is 1.45. The topological polar surface area (TPSA) is 42.2 Å². The summed E-state index contributed by atoms with van der Waals surface area (Å²) in [7, 11) is 22.8. The van der Waals surface area contributed by atoms with Gasteiger partial charge in [-0.25, -0.2) is 0 Å². The Morgan fingerprint density at radius 1 is 1.11 bits per heavy atom. The number of nitrogens with zero attached hydrogens (tertiary/aromatic N) is 1. The molecule has 0 fully saturated rings. The van der Waals surface area contributed by atoms with Crippen molar-refractivity contribution in [3.63, 3.8) is 0 Å². The van der Waals surface area contributed by atoms with Crippen LogP contribution in [0.4, 0.5) is 0 Å². The molecule has 88 valence electrons. The Kier molecular flexibility index (Phi) is 4.68. The van der Waals surface area contributed by atoms with Gasteiger partial charge in [-0.15, -0.1) is 0 Å². The largest absolute Gasteiger partial charge is 0.507 e. The Morgan fingerprint density at radius 3 is 2.05 bits per heavy atom. The number of hydrogen-bond donors (Lipinski definition) is 0. The predicted octanol–water partition coefficient (Wildman–Crippen LogP) is 0.657. The second-order valence-electron chi connectivity index (χ2n) is 4.62. The summed E-state index contributed by atoms with van der Waals surface area (Å²) in [6.45, 7) is 3.69.